The van der Waals surface area contributed by atoms with Gasteiger partial charge < -0.3 is 0 Å². The van der Waals surface area contributed by atoms with Crippen molar-refractivity contribution in [2.45, 2.75) is 44.0 Å². The molecule has 1 aromatic rings. The van der Waals surface area contributed by atoms with Crippen LogP contribution in [-0.4, -0.2) is 24.0 Å². The van der Waals surface area contributed by atoms with E-state index >= 15 is 0 Å². The van der Waals surface area contributed by atoms with E-state index in [9.17, 15) is 0 Å². The van der Waals surface area contributed by atoms with Gasteiger partial charge in [-0.3, -0.25) is 4.90 Å². The molecule has 0 bridgehead atoms. The van der Waals surface area contributed by atoms with Crippen molar-refractivity contribution < 1.29 is 0 Å². The molecule has 3 heteroatoms. The average Bonchev–Trinajstić information content (AvgIpc) is 2.40. The quantitative estimate of drug-likeness (QED) is 0.713. The number of hydrogen-bond acceptors (Lipinski definition) is 1. The molecule has 1 heterocycles. The smallest absolute Gasteiger partial charge is 0.0712 e. The van der Waals surface area contributed by atoms with Gasteiger partial charge in [0.15, 0.2) is 0 Å². The third-order valence-corrected chi connectivity index (χ3v) is 4.49. The molecule has 1 saturated heterocycles. The van der Waals surface area contributed by atoms with Crippen molar-refractivity contribution in [3.63, 3.8) is 0 Å². The second-order valence-corrected chi connectivity index (χ2v) is 6.04. The standard InChI is InChI=1S/C15H21Cl2N/c1-2-14-5-3-4-10-18(14)11-15(17)12-6-8-13(16)9-7-12/h6-9,14-15H,2-5,10-11H2,1H3. The average molecular weight is 286 g/mol. The zero-order valence-electron chi connectivity index (χ0n) is 10.9. The fraction of sp³-hybridized carbons (Fsp3) is 0.600. The monoisotopic (exact) mass is 285 g/mol. The van der Waals surface area contributed by atoms with Crippen LogP contribution >= 0.6 is 23.2 Å². The van der Waals surface area contributed by atoms with Crippen LogP contribution in [-0.2, 0) is 0 Å². The SMILES string of the molecule is CCC1CCCCN1CC(Cl)c1ccc(Cl)cc1. The largest absolute Gasteiger partial charge is 0.299 e. The van der Waals surface area contributed by atoms with Crippen LogP contribution in [0.15, 0.2) is 24.3 Å². The lowest BCUT2D eigenvalue weighted by Gasteiger charge is -2.36. The zero-order chi connectivity index (χ0) is 13.0. The summed E-state index contributed by atoms with van der Waals surface area (Å²) in [5.41, 5.74) is 1.17. The molecule has 2 rings (SSSR count). The van der Waals surface area contributed by atoms with Crippen LogP contribution in [0.1, 0.15) is 43.5 Å². The van der Waals surface area contributed by atoms with Gasteiger partial charge in [0.05, 0.1) is 5.38 Å². The molecule has 0 saturated carbocycles. The molecule has 0 amide bonds. The summed E-state index contributed by atoms with van der Waals surface area (Å²) in [6, 6.07) is 8.61. The minimum absolute atomic E-state index is 0.0643. The second-order valence-electron chi connectivity index (χ2n) is 5.07. The van der Waals surface area contributed by atoms with Crippen LogP contribution in [0.4, 0.5) is 0 Å². The molecule has 1 nitrogen and oxygen atoms in total. The Morgan fingerprint density at radius 1 is 1.28 bits per heavy atom. The van der Waals surface area contributed by atoms with E-state index in [-0.39, 0.29) is 5.38 Å². The molecule has 18 heavy (non-hydrogen) atoms. The summed E-state index contributed by atoms with van der Waals surface area (Å²) in [7, 11) is 0. The summed E-state index contributed by atoms with van der Waals surface area (Å²) in [6.07, 6.45) is 5.22. The van der Waals surface area contributed by atoms with Crippen molar-refractivity contribution >= 4 is 23.2 Å². The van der Waals surface area contributed by atoms with Gasteiger partial charge in [-0.25, -0.2) is 0 Å². The van der Waals surface area contributed by atoms with Crippen molar-refractivity contribution in [3.05, 3.63) is 34.9 Å². The normalized spacial score (nSPS) is 22.9. The fourth-order valence-corrected chi connectivity index (χ4v) is 3.19. The molecule has 100 valence electrons. The third-order valence-electron chi connectivity index (χ3n) is 3.85. The maximum Gasteiger partial charge on any atom is 0.0712 e. The highest BCUT2D eigenvalue weighted by Crippen LogP contribution is 2.27. The number of nitrogens with zero attached hydrogens (tertiary/aromatic N) is 1. The summed E-state index contributed by atoms with van der Waals surface area (Å²) < 4.78 is 0. The summed E-state index contributed by atoms with van der Waals surface area (Å²) in [6.45, 7) is 4.41. The molecule has 0 N–H and O–H groups in total. The Bertz CT molecular complexity index is 363. The van der Waals surface area contributed by atoms with E-state index in [1.165, 1.54) is 37.8 Å². The molecular weight excluding hydrogens is 265 g/mol. The number of rotatable bonds is 4. The Hall–Kier alpha value is -0.240. The third kappa shape index (κ3) is 3.63. The molecule has 0 aliphatic carbocycles. The van der Waals surface area contributed by atoms with E-state index in [0.29, 0.717) is 6.04 Å². The lowest BCUT2D eigenvalue weighted by Crippen LogP contribution is -2.40. The second kappa shape index (κ2) is 6.79. The molecule has 0 aromatic heterocycles. The van der Waals surface area contributed by atoms with E-state index in [2.05, 4.69) is 11.8 Å². The van der Waals surface area contributed by atoms with Crippen molar-refractivity contribution in [2.24, 2.45) is 0 Å². The van der Waals surface area contributed by atoms with Gasteiger partial charge in [0.2, 0.25) is 0 Å². The number of alkyl halides is 1. The topological polar surface area (TPSA) is 3.24 Å². The number of hydrogen-bond donors (Lipinski definition) is 0. The van der Waals surface area contributed by atoms with Crippen LogP contribution in [0.2, 0.25) is 5.02 Å². The van der Waals surface area contributed by atoms with E-state index in [1.54, 1.807) is 0 Å². The van der Waals surface area contributed by atoms with Gasteiger partial charge in [0.25, 0.3) is 0 Å². The summed E-state index contributed by atoms with van der Waals surface area (Å²) in [5.74, 6) is 0. The molecular formula is C15H21Cl2N. The predicted molar refractivity (Wildman–Crippen MR) is 79.5 cm³/mol. The first kappa shape index (κ1) is 14.2. The fourth-order valence-electron chi connectivity index (χ4n) is 2.75. The van der Waals surface area contributed by atoms with E-state index in [0.717, 1.165) is 11.6 Å². The van der Waals surface area contributed by atoms with Crippen molar-refractivity contribution in [1.82, 2.24) is 4.90 Å². The van der Waals surface area contributed by atoms with E-state index in [1.807, 2.05) is 24.3 Å². The Kier molecular flexibility index (Phi) is 5.35. The van der Waals surface area contributed by atoms with Crippen molar-refractivity contribution in [3.8, 4) is 0 Å². The van der Waals surface area contributed by atoms with Gasteiger partial charge in [-0.1, -0.05) is 37.1 Å². The highest BCUT2D eigenvalue weighted by atomic mass is 35.5. The van der Waals surface area contributed by atoms with Crippen molar-refractivity contribution in [2.75, 3.05) is 13.1 Å². The Morgan fingerprint density at radius 3 is 2.67 bits per heavy atom. The van der Waals surface area contributed by atoms with Crippen LogP contribution in [0, 0.1) is 0 Å². The highest BCUT2D eigenvalue weighted by Gasteiger charge is 2.23. The molecule has 1 fully saturated rings. The van der Waals surface area contributed by atoms with Crippen LogP contribution in [0.25, 0.3) is 0 Å². The first-order valence-corrected chi connectivity index (χ1v) is 7.65. The Balaban J connectivity index is 1.97. The minimum atomic E-state index is 0.0643. The molecule has 2 atom stereocenters. The molecule has 1 aliphatic heterocycles. The van der Waals surface area contributed by atoms with Crippen LogP contribution < -0.4 is 0 Å². The number of halogens is 2. The maximum atomic E-state index is 6.53. The van der Waals surface area contributed by atoms with E-state index in [4.69, 9.17) is 23.2 Å². The lowest BCUT2D eigenvalue weighted by molar-refractivity contribution is 0.144. The van der Waals surface area contributed by atoms with Gasteiger partial charge in [0, 0.05) is 17.6 Å². The van der Waals surface area contributed by atoms with E-state index < -0.39 is 0 Å². The van der Waals surface area contributed by atoms with Gasteiger partial charge in [-0.05, 0) is 43.5 Å². The summed E-state index contributed by atoms with van der Waals surface area (Å²) in [5, 5.41) is 0.835. The molecule has 0 spiro atoms. The molecule has 1 aliphatic rings. The summed E-state index contributed by atoms with van der Waals surface area (Å²) >= 11 is 12.4. The first-order valence-electron chi connectivity index (χ1n) is 6.84. The van der Waals surface area contributed by atoms with Crippen LogP contribution in [0.3, 0.4) is 0 Å². The number of benzene rings is 1. The van der Waals surface area contributed by atoms with Gasteiger partial charge in [0.1, 0.15) is 0 Å². The number of piperidine rings is 1. The van der Waals surface area contributed by atoms with Crippen molar-refractivity contribution in [1.29, 1.82) is 0 Å². The predicted octanol–water partition coefficient (Wildman–Crippen LogP) is 4.88. The summed E-state index contributed by atoms with van der Waals surface area (Å²) in [4.78, 5) is 2.55. The highest BCUT2D eigenvalue weighted by molar-refractivity contribution is 6.30. The molecule has 1 aromatic carbocycles. The molecule has 2 unspecified atom stereocenters. The van der Waals surface area contributed by atoms with Gasteiger partial charge in [-0.2, -0.15) is 0 Å². The minimum Gasteiger partial charge on any atom is -0.299 e. The van der Waals surface area contributed by atoms with Gasteiger partial charge >= 0.3 is 0 Å². The van der Waals surface area contributed by atoms with Gasteiger partial charge in [-0.15, -0.1) is 11.6 Å². The maximum absolute atomic E-state index is 6.53. The number of likely N-dealkylation sites (tertiary alicyclic amines) is 1. The lowest BCUT2D eigenvalue weighted by atomic mass is 9.99. The first-order chi connectivity index (χ1) is 8.70. The Labute approximate surface area is 120 Å². The Morgan fingerprint density at radius 2 is 2.00 bits per heavy atom. The van der Waals surface area contributed by atoms with Crippen LogP contribution in [0.5, 0.6) is 0 Å². The molecule has 0 radical (unpaired) electrons. The zero-order valence-corrected chi connectivity index (χ0v) is 12.4.